The standard InChI is InChI=1S/C30H37ClO6/c1-30(23-8-12-25(13-9-23)36-20-32-2)19-35-28-18-26(37-21-33-3)14-15-27(28)29(30)22-6-10-24(11-7-22)34-17-5-4-16-31/h6-8,10-15,18,23,29H,4-5,9,16-17,19-21H2,1-3H3. The van der Waals surface area contributed by atoms with Crippen molar-refractivity contribution >= 4 is 11.6 Å². The predicted octanol–water partition coefficient (Wildman–Crippen LogP) is 6.68. The van der Waals surface area contributed by atoms with E-state index in [1.54, 1.807) is 14.2 Å². The maximum atomic E-state index is 6.39. The molecule has 3 unspecified atom stereocenters. The monoisotopic (exact) mass is 528 g/mol. The zero-order chi connectivity index (χ0) is 26.1. The zero-order valence-corrected chi connectivity index (χ0v) is 22.7. The molecule has 0 bridgehead atoms. The van der Waals surface area contributed by atoms with Gasteiger partial charge in [0.15, 0.2) is 13.6 Å². The minimum absolute atomic E-state index is 0.113. The van der Waals surface area contributed by atoms with Crippen LogP contribution in [0.5, 0.6) is 17.2 Å². The number of ether oxygens (including phenoxy) is 6. The summed E-state index contributed by atoms with van der Waals surface area (Å²) in [5, 5.41) is 0. The Morgan fingerprint density at radius 2 is 1.70 bits per heavy atom. The van der Waals surface area contributed by atoms with Crippen LogP contribution < -0.4 is 14.2 Å². The molecule has 0 aromatic heterocycles. The highest BCUT2D eigenvalue weighted by Crippen LogP contribution is 2.54. The van der Waals surface area contributed by atoms with Gasteiger partial charge in [0.05, 0.1) is 13.2 Å². The Hall–Kier alpha value is -2.67. The molecular weight excluding hydrogens is 492 g/mol. The summed E-state index contributed by atoms with van der Waals surface area (Å²) in [7, 11) is 3.24. The van der Waals surface area contributed by atoms with Crippen LogP contribution in [0.3, 0.4) is 0 Å². The highest BCUT2D eigenvalue weighted by molar-refractivity contribution is 6.17. The molecule has 0 fully saturated rings. The van der Waals surface area contributed by atoms with Crippen LogP contribution in [0.25, 0.3) is 0 Å². The average molecular weight is 529 g/mol. The van der Waals surface area contributed by atoms with E-state index in [2.05, 4.69) is 49.4 Å². The Kier molecular flexibility index (Phi) is 9.78. The van der Waals surface area contributed by atoms with Crippen molar-refractivity contribution in [1.82, 2.24) is 0 Å². The van der Waals surface area contributed by atoms with E-state index in [9.17, 15) is 0 Å². The number of alkyl halides is 1. The van der Waals surface area contributed by atoms with Gasteiger partial charge in [-0.1, -0.05) is 31.2 Å². The van der Waals surface area contributed by atoms with Gasteiger partial charge in [0.1, 0.15) is 23.0 Å². The van der Waals surface area contributed by atoms with Crippen LogP contribution >= 0.6 is 11.6 Å². The van der Waals surface area contributed by atoms with Crippen molar-refractivity contribution in [2.45, 2.75) is 32.1 Å². The summed E-state index contributed by atoms with van der Waals surface area (Å²) in [5.41, 5.74) is 2.18. The summed E-state index contributed by atoms with van der Waals surface area (Å²) in [4.78, 5) is 0. The summed E-state index contributed by atoms with van der Waals surface area (Å²) in [5.74, 6) is 4.31. The molecule has 1 heterocycles. The lowest BCUT2D eigenvalue weighted by Crippen LogP contribution is -2.42. The van der Waals surface area contributed by atoms with E-state index >= 15 is 0 Å². The minimum Gasteiger partial charge on any atom is -0.494 e. The van der Waals surface area contributed by atoms with Crippen molar-refractivity contribution < 1.29 is 28.4 Å². The van der Waals surface area contributed by atoms with Gasteiger partial charge in [-0.15, -0.1) is 11.6 Å². The molecule has 4 rings (SSSR count). The second-order valence-corrected chi connectivity index (χ2v) is 10.0. The van der Waals surface area contributed by atoms with E-state index in [-0.39, 0.29) is 30.8 Å². The molecular formula is C30H37ClO6. The van der Waals surface area contributed by atoms with Gasteiger partial charge in [-0.05, 0) is 61.1 Å². The van der Waals surface area contributed by atoms with Crippen molar-refractivity contribution in [3.05, 3.63) is 77.6 Å². The Labute approximate surface area is 225 Å². The summed E-state index contributed by atoms with van der Waals surface area (Å²) < 4.78 is 33.8. The predicted molar refractivity (Wildman–Crippen MR) is 145 cm³/mol. The SMILES string of the molecule is COCOC1=CCC(C2(C)COc3cc(OCOC)ccc3C2c2ccc(OCCCCCl)cc2)C=C1. The lowest BCUT2D eigenvalue weighted by atomic mass is 9.61. The summed E-state index contributed by atoms with van der Waals surface area (Å²) in [6.07, 6.45) is 9.19. The van der Waals surface area contributed by atoms with Gasteiger partial charge in [-0.3, -0.25) is 0 Å². The third-order valence-electron chi connectivity index (χ3n) is 7.10. The van der Waals surface area contributed by atoms with Gasteiger partial charge in [-0.25, -0.2) is 0 Å². The van der Waals surface area contributed by atoms with Crippen molar-refractivity contribution in [1.29, 1.82) is 0 Å². The number of halogens is 1. The number of hydrogen-bond donors (Lipinski definition) is 0. The molecule has 6 nitrogen and oxygen atoms in total. The minimum atomic E-state index is -0.190. The topological polar surface area (TPSA) is 55.4 Å². The maximum Gasteiger partial charge on any atom is 0.188 e. The van der Waals surface area contributed by atoms with Crippen LogP contribution in [0.15, 0.2) is 66.5 Å². The molecule has 0 N–H and O–H groups in total. The molecule has 3 atom stereocenters. The van der Waals surface area contributed by atoms with Crippen LogP contribution in [-0.2, 0) is 14.2 Å². The number of unbranched alkanes of at least 4 members (excludes halogenated alkanes) is 1. The molecule has 7 heteroatoms. The molecule has 0 spiro atoms. The first-order valence-corrected chi connectivity index (χ1v) is 13.3. The van der Waals surface area contributed by atoms with Crippen LogP contribution in [0.4, 0.5) is 0 Å². The normalized spacial score (nSPS) is 22.5. The third kappa shape index (κ3) is 6.61. The smallest absolute Gasteiger partial charge is 0.188 e. The van der Waals surface area contributed by atoms with E-state index in [1.165, 1.54) is 5.56 Å². The number of benzene rings is 2. The Morgan fingerprint density at radius 1 is 0.946 bits per heavy atom. The van der Waals surface area contributed by atoms with Crippen LogP contribution in [0.2, 0.25) is 0 Å². The van der Waals surface area contributed by atoms with Crippen molar-refractivity contribution in [3.63, 3.8) is 0 Å². The number of rotatable bonds is 13. The third-order valence-corrected chi connectivity index (χ3v) is 7.37. The molecule has 2 aliphatic rings. The maximum absolute atomic E-state index is 6.39. The number of methoxy groups -OCH3 is 2. The van der Waals surface area contributed by atoms with E-state index in [4.69, 9.17) is 40.0 Å². The fraction of sp³-hybridized carbons (Fsp3) is 0.467. The fourth-order valence-electron chi connectivity index (χ4n) is 5.12. The largest absolute Gasteiger partial charge is 0.494 e. The first-order chi connectivity index (χ1) is 18.1. The van der Waals surface area contributed by atoms with E-state index in [1.807, 2.05) is 18.2 Å². The molecule has 1 aliphatic carbocycles. The first kappa shape index (κ1) is 27.4. The Balaban J connectivity index is 1.62. The Bertz CT molecular complexity index is 1070. The molecule has 200 valence electrons. The second kappa shape index (κ2) is 13.2. The number of hydrogen-bond acceptors (Lipinski definition) is 6. The zero-order valence-electron chi connectivity index (χ0n) is 21.9. The summed E-state index contributed by atoms with van der Waals surface area (Å²) in [6, 6.07) is 14.6. The molecule has 0 saturated heterocycles. The van der Waals surface area contributed by atoms with Crippen molar-refractivity contribution in [3.8, 4) is 17.2 Å². The fourth-order valence-corrected chi connectivity index (χ4v) is 5.30. The highest BCUT2D eigenvalue weighted by atomic mass is 35.5. The molecule has 2 aromatic rings. The lowest BCUT2D eigenvalue weighted by molar-refractivity contribution is 0.00815. The van der Waals surface area contributed by atoms with Crippen LogP contribution in [-0.4, -0.2) is 46.9 Å². The van der Waals surface area contributed by atoms with E-state index in [0.717, 1.165) is 47.8 Å². The molecule has 1 aliphatic heterocycles. The van der Waals surface area contributed by atoms with Gasteiger partial charge in [0, 0.05) is 43.1 Å². The first-order valence-electron chi connectivity index (χ1n) is 12.8. The molecule has 2 aromatic carbocycles. The Morgan fingerprint density at radius 3 is 2.41 bits per heavy atom. The molecule has 0 saturated carbocycles. The average Bonchev–Trinajstić information content (AvgIpc) is 2.94. The molecule has 37 heavy (non-hydrogen) atoms. The van der Waals surface area contributed by atoms with Crippen LogP contribution in [0.1, 0.15) is 43.2 Å². The van der Waals surface area contributed by atoms with Gasteiger partial charge in [-0.2, -0.15) is 0 Å². The molecule has 0 radical (unpaired) electrons. The van der Waals surface area contributed by atoms with Crippen molar-refractivity contribution in [2.75, 3.05) is 46.9 Å². The quantitative estimate of drug-likeness (QED) is 0.164. The number of fused-ring (bicyclic) bond motifs is 1. The summed E-state index contributed by atoms with van der Waals surface area (Å²) in [6.45, 7) is 3.99. The van der Waals surface area contributed by atoms with Gasteiger partial charge >= 0.3 is 0 Å². The van der Waals surface area contributed by atoms with Crippen molar-refractivity contribution in [2.24, 2.45) is 11.3 Å². The lowest BCUT2D eigenvalue weighted by Gasteiger charge is -2.47. The van der Waals surface area contributed by atoms with E-state index in [0.29, 0.717) is 19.1 Å². The van der Waals surface area contributed by atoms with Gasteiger partial charge < -0.3 is 28.4 Å². The number of allylic oxidation sites excluding steroid dienone is 3. The van der Waals surface area contributed by atoms with Crippen LogP contribution in [0, 0.1) is 11.3 Å². The highest BCUT2D eigenvalue weighted by Gasteiger charge is 2.46. The second-order valence-electron chi connectivity index (χ2n) is 9.65. The van der Waals surface area contributed by atoms with Gasteiger partial charge in [0.2, 0.25) is 0 Å². The van der Waals surface area contributed by atoms with E-state index < -0.39 is 0 Å². The van der Waals surface area contributed by atoms with Gasteiger partial charge in [0.25, 0.3) is 0 Å². The molecule has 0 amide bonds. The summed E-state index contributed by atoms with van der Waals surface area (Å²) >= 11 is 5.79.